The Morgan fingerprint density at radius 1 is 1.57 bits per heavy atom. The predicted molar refractivity (Wildman–Crippen MR) is 69.9 cm³/mol. The number of rotatable bonds is 3. The van der Waals surface area contributed by atoms with Crippen molar-refractivity contribution in [3.8, 4) is 6.07 Å². The Hall–Kier alpha value is 0.0800. The van der Waals surface area contributed by atoms with Gasteiger partial charge >= 0.3 is 0 Å². The van der Waals surface area contributed by atoms with Crippen LogP contribution in [0.4, 0.5) is 0 Å². The molecule has 0 aromatic heterocycles. The third-order valence-corrected chi connectivity index (χ3v) is 4.13. The van der Waals surface area contributed by atoms with Crippen LogP contribution in [0.15, 0.2) is 17.0 Å². The molecule has 1 nitrogen and oxygen atoms in total. The summed E-state index contributed by atoms with van der Waals surface area (Å²) in [5.41, 5.74) is 1.26. The van der Waals surface area contributed by atoms with Crippen molar-refractivity contribution in [1.29, 1.82) is 5.26 Å². The first-order valence-corrected chi connectivity index (χ1v) is 6.61. The van der Waals surface area contributed by atoms with Gasteiger partial charge < -0.3 is 0 Å². The van der Waals surface area contributed by atoms with Crippen molar-refractivity contribution in [3.05, 3.63) is 26.3 Å². The number of nitriles is 1. The number of hydrogen-bond acceptors (Lipinski definition) is 2. The van der Waals surface area contributed by atoms with Gasteiger partial charge in [0.05, 0.1) is 16.8 Å². The summed E-state index contributed by atoms with van der Waals surface area (Å²) < 4.78 is 1.22. The predicted octanol–water partition coefficient (Wildman–Crippen LogP) is 4.12. The highest BCUT2D eigenvalue weighted by molar-refractivity contribution is 14.1. The summed E-state index contributed by atoms with van der Waals surface area (Å²) in [7, 11) is 0. The van der Waals surface area contributed by atoms with Gasteiger partial charge in [0.15, 0.2) is 0 Å². The smallest absolute Gasteiger partial charge is 0.0855 e. The Balaban J connectivity index is 2.97. The normalized spacial score (nSPS) is 9.86. The zero-order valence-corrected chi connectivity index (χ0v) is 11.4. The molecular weight excluding hydrogens is 329 g/mol. The van der Waals surface area contributed by atoms with Crippen molar-refractivity contribution in [2.45, 2.75) is 18.2 Å². The molecule has 0 fully saturated rings. The molecule has 0 unspecified atom stereocenters. The van der Waals surface area contributed by atoms with E-state index in [2.05, 4.69) is 35.6 Å². The van der Waals surface area contributed by atoms with E-state index in [0.717, 1.165) is 16.3 Å². The first-order chi connectivity index (χ1) is 6.69. The monoisotopic (exact) mass is 337 g/mol. The molecule has 0 amide bonds. The molecule has 0 aliphatic heterocycles. The molecule has 0 spiro atoms. The second kappa shape index (κ2) is 5.84. The lowest BCUT2D eigenvalue weighted by molar-refractivity contribution is 1.11. The van der Waals surface area contributed by atoms with Crippen molar-refractivity contribution in [1.82, 2.24) is 0 Å². The number of thioether (sulfide) groups is 1. The van der Waals surface area contributed by atoms with Crippen LogP contribution in [0.3, 0.4) is 0 Å². The molecule has 0 saturated carbocycles. The second-order valence-corrected chi connectivity index (χ2v) is 5.26. The fourth-order valence-electron chi connectivity index (χ4n) is 1.06. The molecule has 1 aromatic rings. The van der Waals surface area contributed by atoms with E-state index in [-0.39, 0.29) is 0 Å². The van der Waals surface area contributed by atoms with Crippen molar-refractivity contribution >= 4 is 46.0 Å². The molecule has 0 bridgehead atoms. The van der Waals surface area contributed by atoms with Gasteiger partial charge in [0.2, 0.25) is 0 Å². The molecule has 0 saturated heterocycles. The number of aryl methyl sites for hydroxylation is 1. The summed E-state index contributed by atoms with van der Waals surface area (Å²) in [4.78, 5) is 0.995. The summed E-state index contributed by atoms with van der Waals surface area (Å²) >= 11 is 9.86. The van der Waals surface area contributed by atoms with E-state index in [1.54, 1.807) is 0 Å². The van der Waals surface area contributed by atoms with E-state index < -0.39 is 0 Å². The number of hydrogen-bond donors (Lipinski definition) is 0. The Morgan fingerprint density at radius 2 is 2.29 bits per heavy atom. The first-order valence-electron chi connectivity index (χ1n) is 4.16. The van der Waals surface area contributed by atoms with Crippen LogP contribution >= 0.6 is 46.0 Å². The van der Waals surface area contributed by atoms with Gasteiger partial charge in [0.25, 0.3) is 0 Å². The van der Waals surface area contributed by atoms with Gasteiger partial charge in [-0.05, 0) is 46.7 Å². The van der Waals surface area contributed by atoms with Crippen LogP contribution in [0.1, 0.15) is 12.5 Å². The Morgan fingerprint density at radius 3 is 2.86 bits per heavy atom. The lowest BCUT2D eigenvalue weighted by atomic mass is 10.2. The van der Waals surface area contributed by atoms with Gasteiger partial charge in [-0.25, -0.2) is 0 Å². The van der Waals surface area contributed by atoms with Gasteiger partial charge in [-0.3, -0.25) is 0 Å². The molecule has 0 aliphatic carbocycles. The highest BCUT2D eigenvalue weighted by Gasteiger charge is 2.05. The van der Waals surface area contributed by atoms with E-state index in [4.69, 9.17) is 16.9 Å². The Bertz CT molecular complexity index is 373. The van der Waals surface area contributed by atoms with Gasteiger partial charge in [0.1, 0.15) is 0 Å². The van der Waals surface area contributed by atoms with Crippen molar-refractivity contribution in [2.75, 3.05) is 5.75 Å². The molecule has 0 N–H and O–H groups in total. The quantitative estimate of drug-likeness (QED) is 0.612. The molecule has 0 atom stereocenters. The first kappa shape index (κ1) is 12.2. The Kier molecular flexibility index (Phi) is 5.07. The largest absolute Gasteiger partial charge is 0.197 e. The fraction of sp³-hybridized carbons (Fsp3) is 0.300. The fourth-order valence-corrected chi connectivity index (χ4v) is 3.09. The van der Waals surface area contributed by atoms with E-state index in [9.17, 15) is 0 Å². The molecule has 0 heterocycles. The van der Waals surface area contributed by atoms with Crippen LogP contribution in [-0.2, 0) is 6.42 Å². The number of benzene rings is 1. The number of nitrogens with zero attached hydrogens (tertiary/aromatic N) is 1. The van der Waals surface area contributed by atoms with Gasteiger partial charge in [-0.1, -0.05) is 18.5 Å². The molecule has 74 valence electrons. The van der Waals surface area contributed by atoms with E-state index in [0.29, 0.717) is 5.75 Å². The third kappa shape index (κ3) is 3.04. The SMILES string of the molecule is CCc1cc(Cl)c(SCC#N)cc1I. The van der Waals surface area contributed by atoms with Crippen LogP contribution in [0.5, 0.6) is 0 Å². The maximum Gasteiger partial charge on any atom is 0.0855 e. The third-order valence-electron chi connectivity index (χ3n) is 1.77. The molecule has 1 aromatic carbocycles. The highest BCUT2D eigenvalue weighted by Crippen LogP contribution is 2.30. The van der Waals surface area contributed by atoms with Crippen LogP contribution < -0.4 is 0 Å². The van der Waals surface area contributed by atoms with Gasteiger partial charge in [-0.2, -0.15) is 5.26 Å². The van der Waals surface area contributed by atoms with E-state index >= 15 is 0 Å². The maximum absolute atomic E-state index is 8.47. The average Bonchev–Trinajstić information content (AvgIpc) is 2.18. The standard InChI is InChI=1S/C10H9ClINS/c1-2-7-5-8(11)10(6-9(7)12)14-4-3-13/h5-6H,2,4H2,1H3. The summed E-state index contributed by atoms with van der Waals surface area (Å²) in [6, 6.07) is 6.13. The molecule has 1 rings (SSSR count). The van der Waals surface area contributed by atoms with Crippen molar-refractivity contribution in [3.63, 3.8) is 0 Å². The van der Waals surface area contributed by atoms with E-state index in [1.807, 2.05) is 12.1 Å². The van der Waals surface area contributed by atoms with Crippen LogP contribution in [0, 0.1) is 14.9 Å². The van der Waals surface area contributed by atoms with Crippen molar-refractivity contribution < 1.29 is 0 Å². The van der Waals surface area contributed by atoms with Gasteiger partial charge in [-0.15, -0.1) is 11.8 Å². The minimum atomic E-state index is 0.446. The molecule has 0 radical (unpaired) electrons. The van der Waals surface area contributed by atoms with Crippen LogP contribution in [-0.4, -0.2) is 5.75 Å². The topological polar surface area (TPSA) is 23.8 Å². The second-order valence-electron chi connectivity index (χ2n) is 2.67. The minimum Gasteiger partial charge on any atom is -0.197 e. The summed E-state index contributed by atoms with van der Waals surface area (Å²) in [6.45, 7) is 2.11. The molecular formula is C10H9ClINS. The maximum atomic E-state index is 8.47. The lowest BCUT2D eigenvalue weighted by Crippen LogP contribution is -1.88. The van der Waals surface area contributed by atoms with Crippen LogP contribution in [0.25, 0.3) is 0 Å². The average molecular weight is 338 g/mol. The lowest BCUT2D eigenvalue weighted by Gasteiger charge is -2.06. The summed E-state index contributed by atoms with van der Waals surface area (Å²) in [5.74, 6) is 0.446. The van der Waals surface area contributed by atoms with Gasteiger partial charge in [0, 0.05) is 8.47 Å². The van der Waals surface area contributed by atoms with Crippen LogP contribution in [0.2, 0.25) is 5.02 Å². The zero-order chi connectivity index (χ0) is 10.6. The molecule has 14 heavy (non-hydrogen) atoms. The number of halogens is 2. The van der Waals surface area contributed by atoms with E-state index in [1.165, 1.54) is 20.9 Å². The summed E-state index contributed by atoms with van der Waals surface area (Å²) in [5, 5.41) is 9.23. The zero-order valence-electron chi connectivity index (χ0n) is 7.68. The minimum absolute atomic E-state index is 0.446. The highest BCUT2D eigenvalue weighted by atomic mass is 127. The summed E-state index contributed by atoms with van der Waals surface area (Å²) in [6.07, 6.45) is 0.987. The Labute approximate surface area is 107 Å². The molecule has 4 heteroatoms. The molecule has 0 aliphatic rings. The van der Waals surface area contributed by atoms with Crippen molar-refractivity contribution in [2.24, 2.45) is 0 Å².